The summed E-state index contributed by atoms with van der Waals surface area (Å²) >= 11 is 0. The van der Waals surface area contributed by atoms with Gasteiger partial charge in [0.1, 0.15) is 5.75 Å². The molecule has 0 saturated heterocycles. The van der Waals surface area contributed by atoms with Gasteiger partial charge in [-0.05, 0) is 37.6 Å². The molecule has 142 valence electrons. The van der Waals surface area contributed by atoms with Gasteiger partial charge in [-0.1, -0.05) is 42.5 Å². The third-order valence-electron chi connectivity index (χ3n) is 4.14. The Hall–Kier alpha value is -3.08. The fourth-order valence-electron chi connectivity index (χ4n) is 2.65. The number of hydrogen-bond acceptors (Lipinski definition) is 4. The fourth-order valence-corrected chi connectivity index (χ4v) is 2.65. The first-order chi connectivity index (χ1) is 13.1. The van der Waals surface area contributed by atoms with Crippen LogP contribution in [-0.4, -0.2) is 37.0 Å². The van der Waals surface area contributed by atoms with Crippen LogP contribution in [0.15, 0.2) is 60.7 Å². The van der Waals surface area contributed by atoms with E-state index < -0.39 is 12.1 Å². The van der Waals surface area contributed by atoms with Gasteiger partial charge in [-0.3, -0.25) is 4.79 Å². The molecular formula is C22H25NO4. The van der Waals surface area contributed by atoms with Crippen molar-refractivity contribution >= 4 is 18.0 Å². The van der Waals surface area contributed by atoms with E-state index in [-0.39, 0.29) is 5.91 Å². The lowest BCUT2D eigenvalue weighted by atomic mass is 10.1. The molecule has 2 aromatic rings. The van der Waals surface area contributed by atoms with Crippen LogP contribution in [-0.2, 0) is 14.3 Å². The number of benzene rings is 2. The molecule has 1 atom stereocenters. The second-order valence-electron chi connectivity index (χ2n) is 5.85. The zero-order valence-electron chi connectivity index (χ0n) is 15.9. The molecule has 0 N–H and O–H groups in total. The largest absolute Gasteiger partial charge is 0.497 e. The van der Waals surface area contributed by atoms with E-state index in [2.05, 4.69) is 0 Å². The summed E-state index contributed by atoms with van der Waals surface area (Å²) in [5.74, 6) is -0.106. The van der Waals surface area contributed by atoms with Gasteiger partial charge in [0.25, 0.3) is 5.91 Å². The molecule has 27 heavy (non-hydrogen) atoms. The Balaban J connectivity index is 2.17. The Labute approximate surface area is 160 Å². The summed E-state index contributed by atoms with van der Waals surface area (Å²) in [6.45, 7) is 4.90. The van der Waals surface area contributed by atoms with E-state index in [0.29, 0.717) is 24.4 Å². The first-order valence-corrected chi connectivity index (χ1v) is 8.95. The lowest BCUT2D eigenvalue weighted by Crippen LogP contribution is -2.36. The molecule has 0 heterocycles. The van der Waals surface area contributed by atoms with Crippen molar-refractivity contribution in [3.8, 4) is 5.75 Å². The second kappa shape index (κ2) is 10.2. The average molecular weight is 367 g/mol. The molecule has 0 spiro atoms. The Morgan fingerprint density at radius 2 is 1.74 bits per heavy atom. The van der Waals surface area contributed by atoms with Gasteiger partial charge in [-0.15, -0.1) is 0 Å². The van der Waals surface area contributed by atoms with Gasteiger partial charge in [-0.25, -0.2) is 4.79 Å². The quantitative estimate of drug-likeness (QED) is 0.525. The normalized spacial score (nSPS) is 11.8. The molecule has 0 fully saturated rings. The summed E-state index contributed by atoms with van der Waals surface area (Å²) in [7, 11) is 1.58. The first kappa shape index (κ1) is 20.2. The number of carbonyl (C=O) groups is 2. The van der Waals surface area contributed by atoms with Gasteiger partial charge in [0.05, 0.1) is 7.11 Å². The smallest absolute Gasteiger partial charge is 0.331 e. The highest BCUT2D eigenvalue weighted by Gasteiger charge is 2.27. The zero-order valence-corrected chi connectivity index (χ0v) is 15.9. The molecule has 1 amide bonds. The van der Waals surface area contributed by atoms with E-state index in [1.54, 1.807) is 36.3 Å². The van der Waals surface area contributed by atoms with Crippen LogP contribution in [0.4, 0.5) is 0 Å². The number of nitrogens with zero attached hydrogens (tertiary/aromatic N) is 1. The van der Waals surface area contributed by atoms with Crippen molar-refractivity contribution in [3.05, 3.63) is 71.8 Å². The molecule has 0 unspecified atom stereocenters. The summed E-state index contributed by atoms with van der Waals surface area (Å²) in [6, 6.07) is 16.4. The van der Waals surface area contributed by atoms with Gasteiger partial charge in [0.2, 0.25) is 6.10 Å². The topological polar surface area (TPSA) is 55.8 Å². The van der Waals surface area contributed by atoms with Gasteiger partial charge < -0.3 is 14.4 Å². The third-order valence-corrected chi connectivity index (χ3v) is 4.14. The molecule has 0 aromatic heterocycles. The monoisotopic (exact) mass is 367 g/mol. The van der Waals surface area contributed by atoms with Crippen molar-refractivity contribution in [1.82, 2.24) is 4.90 Å². The van der Waals surface area contributed by atoms with E-state index >= 15 is 0 Å². The lowest BCUT2D eigenvalue weighted by Gasteiger charge is -2.25. The molecule has 0 saturated carbocycles. The summed E-state index contributed by atoms with van der Waals surface area (Å²) in [5, 5.41) is 0. The summed E-state index contributed by atoms with van der Waals surface area (Å²) in [4.78, 5) is 26.8. The second-order valence-corrected chi connectivity index (χ2v) is 5.85. The maximum absolute atomic E-state index is 12.8. The van der Waals surface area contributed by atoms with Crippen LogP contribution in [0, 0.1) is 0 Å². The number of ether oxygens (including phenoxy) is 2. The Kier molecular flexibility index (Phi) is 7.62. The predicted octanol–water partition coefficient (Wildman–Crippen LogP) is 3.86. The van der Waals surface area contributed by atoms with E-state index in [1.165, 1.54) is 6.08 Å². The molecule has 5 nitrogen and oxygen atoms in total. The summed E-state index contributed by atoms with van der Waals surface area (Å²) < 4.78 is 10.7. The van der Waals surface area contributed by atoms with Crippen LogP contribution in [0.5, 0.6) is 5.75 Å². The molecule has 0 bridgehead atoms. The van der Waals surface area contributed by atoms with E-state index in [9.17, 15) is 9.59 Å². The maximum Gasteiger partial charge on any atom is 0.331 e. The number of methoxy groups -OCH3 is 1. The molecule has 0 aliphatic rings. The van der Waals surface area contributed by atoms with Gasteiger partial charge in [0, 0.05) is 24.7 Å². The highest BCUT2D eigenvalue weighted by molar-refractivity contribution is 5.91. The van der Waals surface area contributed by atoms with Crippen molar-refractivity contribution in [2.24, 2.45) is 0 Å². The van der Waals surface area contributed by atoms with Gasteiger partial charge >= 0.3 is 5.97 Å². The standard InChI is InChI=1S/C22H25NO4/c1-4-23(5-2)22(25)21(18-11-7-6-8-12-18)27-20(24)15-14-17-10-9-13-19(16-17)26-3/h6-16,21H,4-5H2,1-3H3/b15-14+/t21-/m0/s1. The fraction of sp³-hybridized carbons (Fsp3) is 0.273. The van der Waals surface area contributed by atoms with Crippen molar-refractivity contribution < 1.29 is 19.1 Å². The van der Waals surface area contributed by atoms with Crippen LogP contribution < -0.4 is 4.74 Å². The number of rotatable bonds is 8. The minimum Gasteiger partial charge on any atom is -0.497 e. The van der Waals surface area contributed by atoms with Crippen molar-refractivity contribution in [2.75, 3.05) is 20.2 Å². The van der Waals surface area contributed by atoms with Crippen LogP contribution in [0.2, 0.25) is 0 Å². The molecule has 2 aromatic carbocycles. The number of carbonyl (C=O) groups excluding carboxylic acids is 2. The van der Waals surface area contributed by atoms with Gasteiger partial charge in [-0.2, -0.15) is 0 Å². The summed E-state index contributed by atoms with van der Waals surface area (Å²) in [6.07, 6.45) is 1.99. The van der Waals surface area contributed by atoms with E-state index in [1.807, 2.05) is 50.2 Å². The van der Waals surface area contributed by atoms with E-state index in [0.717, 1.165) is 5.56 Å². The zero-order chi connectivity index (χ0) is 19.6. The van der Waals surface area contributed by atoms with Crippen LogP contribution in [0.1, 0.15) is 31.1 Å². The molecule has 0 radical (unpaired) electrons. The van der Waals surface area contributed by atoms with E-state index in [4.69, 9.17) is 9.47 Å². The number of amides is 1. The van der Waals surface area contributed by atoms with Crippen LogP contribution in [0.3, 0.4) is 0 Å². The third kappa shape index (κ3) is 5.71. The minimum absolute atomic E-state index is 0.227. The Morgan fingerprint density at radius 1 is 1.04 bits per heavy atom. The van der Waals surface area contributed by atoms with Crippen molar-refractivity contribution in [2.45, 2.75) is 20.0 Å². The van der Waals surface area contributed by atoms with Gasteiger partial charge in [0.15, 0.2) is 0 Å². The molecular weight excluding hydrogens is 342 g/mol. The minimum atomic E-state index is -0.964. The molecule has 2 rings (SSSR count). The predicted molar refractivity (Wildman–Crippen MR) is 105 cm³/mol. The average Bonchev–Trinajstić information content (AvgIpc) is 2.72. The number of hydrogen-bond donors (Lipinski definition) is 0. The van der Waals surface area contributed by atoms with Crippen molar-refractivity contribution in [1.29, 1.82) is 0 Å². The molecule has 0 aliphatic carbocycles. The highest BCUT2D eigenvalue weighted by atomic mass is 16.5. The first-order valence-electron chi connectivity index (χ1n) is 8.95. The maximum atomic E-state index is 12.8. The summed E-state index contributed by atoms with van der Waals surface area (Å²) in [5.41, 5.74) is 1.45. The van der Waals surface area contributed by atoms with Crippen molar-refractivity contribution in [3.63, 3.8) is 0 Å². The Morgan fingerprint density at radius 3 is 2.37 bits per heavy atom. The lowest BCUT2D eigenvalue weighted by molar-refractivity contribution is -0.157. The van der Waals surface area contributed by atoms with Crippen LogP contribution >= 0.6 is 0 Å². The number of esters is 1. The number of likely N-dealkylation sites (N-methyl/N-ethyl adjacent to an activating group) is 1. The highest BCUT2D eigenvalue weighted by Crippen LogP contribution is 2.21. The SMILES string of the molecule is CCN(CC)C(=O)[C@@H](OC(=O)/C=C/c1cccc(OC)c1)c1ccccc1. The molecule has 0 aliphatic heterocycles. The Bertz CT molecular complexity index is 782. The van der Waals surface area contributed by atoms with Crippen LogP contribution in [0.25, 0.3) is 6.08 Å². The molecule has 5 heteroatoms.